The van der Waals surface area contributed by atoms with Crippen molar-refractivity contribution in [1.29, 1.82) is 0 Å². The Labute approximate surface area is 156 Å². The normalized spacial score (nSPS) is 27.2. The van der Waals surface area contributed by atoms with Crippen LogP contribution in [0.4, 0.5) is 0 Å². The zero-order chi connectivity index (χ0) is 17.9. The average Bonchev–Trinajstić information content (AvgIpc) is 3.38. The number of fused-ring (bicyclic) bond motifs is 1. The Hall–Kier alpha value is -1.63. The van der Waals surface area contributed by atoms with Crippen LogP contribution in [-0.4, -0.2) is 57.3 Å². The summed E-state index contributed by atoms with van der Waals surface area (Å²) in [5.74, 6) is 3.70. The number of hydrogen-bond acceptors (Lipinski definition) is 4. The van der Waals surface area contributed by atoms with Gasteiger partial charge in [0, 0.05) is 44.7 Å². The van der Waals surface area contributed by atoms with Gasteiger partial charge in [0.2, 0.25) is 0 Å². The van der Waals surface area contributed by atoms with Crippen molar-refractivity contribution in [3.63, 3.8) is 0 Å². The number of likely N-dealkylation sites (tertiary alicyclic amines) is 1. The number of nitrogens with one attached hydrogen (secondary N) is 2. The minimum atomic E-state index is 0.476. The van der Waals surface area contributed by atoms with Gasteiger partial charge in [-0.25, -0.2) is 4.99 Å². The number of nitrogens with zero attached hydrogens (tertiary/aromatic N) is 5. The smallest absolute Gasteiger partial charge is 0.191 e. The Balaban J connectivity index is 1.40. The first kappa shape index (κ1) is 17.8. The molecule has 0 radical (unpaired) electrons. The van der Waals surface area contributed by atoms with Crippen molar-refractivity contribution in [1.82, 2.24) is 30.3 Å². The number of hydrogen-bond donors (Lipinski definition) is 2. The molecule has 1 aromatic heterocycles. The molecule has 1 saturated carbocycles. The van der Waals surface area contributed by atoms with Gasteiger partial charge in [-0.3, -0.25) is 4.90 Å². The summed E-state index contributed by atoms with van der Waals surface area (Å²) in [7, 11) is 0. The second-order valence-corrected chi connectivity index (χ2v) is 8.10. The largest absolute Gasteiger partial charge is 0.357 e. The van der Waals surface area contributed by atoms with Crippen LogP contribution < -0.4 is 10.6 Å². The molecule has 3 aliphatic rings. The molecule has 1 aliphatic carbocycles. The van der Waals surface area contributed by atoms with Crippen LogP contribution in [-0.2, 0) is 19.5 Å². The molecular weight excluding hydrogens is 326 g/mol. The molecular formula is C19H33N7. The lowest BCUT2D eigenvalue weighted by molar-refractivity contribution is 0.315. The van der Waals surface area contributed by atoms with E-state index in [0.29, 0.717) is 18.5 Å². The monoisotopic (exact) mass is 359 g/mol. The molecule has 1 aromatic rings. The Morgan fingerprint density at radius 3 is 2.88 bits per heavy atom. The summed E-state index contributed by atoms with van der Waals surface area (Å²) >= 11 is 0. The number of aryl methyl sites for hydroxylation is 1. The Morgan fingerprint density at radius 2 is 2.08 bits per heavy atom. The molecule has 2 aliphatic heterocycles. The molecule has 4 rings (SSSR count). The van der Waals surface area contributed by atoms with Crippen molar-refractivity contribution < 1.29 is 0 Å². The number of aromatic nitrogens is 3. The zero-order valence-electron chi connectivity index (χ0n) is 16.2. The van der Waals surface area contributed by atoms with Crippen molar-refractivity contribution in [2.45, 2.75) is 77.5 Å². The van der Waals surface area contributed by atoms with Crippen molar-refractivity contribution in [3.8, 4) is 0 Å². The minimum Gasteiger partial charge on any atom is -0.357 e. The minimum absolute atomic E-state index is 0.476. The predicted molar refractivity (Wildman–Crippen MR) is 103 cm³/mol. The molecule has 2 unspecified atom stereocenters. The molecule has 2 N–H and O–H groups in total. The van der Waals surface area contributed by atoms with Crippen LogP contribution in [0.25, 0.3) is 0 Å². The summed E-state index contributed by atoms with van der Waals surface area (Å²) in [4.78, 5) is 7.47. The van der Waals surface area contributed by atoms with Crippen LogP contribution in [0.15, 0.2) is 4.99 Å². The molecule has 2 fully saturated rings. The molecule has 0 spiro atoms. The molecule has 26 heavy (non-hydrogen) atoms. The van der Waals surface area contributed by atoms with E-state index in [-0.39, 0.29) is 0 Å². The quantitative estimate of drug-likeness (QED) is 0.616. The van der Waals surface area contributed by atoms with Crippen LogP contribution in [0.5, 0.6) is 0 Å². The lowest BCUT2D eigenvalue weighted by Crippen LogP contribution is -2.46. The van der Waals surface area contributed by atoms with Gasteiger partial charge in [0.1, 0.15) is 12.4 Å². The van der Waals surface area contributed by atoms with Gasteiger partial charge < -0.3 is 15.2 Å². The second-order valence-electron chi connectivity index (χ2n) is 8.10. The van der Waals surface area contributed by atoms with Crippen molar-refractivity contribution in [3.05, 3.63) is 11.6 Å². The molecule has 2 atom stereocenters. The Morgan fingerprint density at radius 1 is 1.19 bits per heavy atom. The SMILES string of the molecule is CCNC(=NCc1nnc2n1CCCCC2)NC1CN(C2CC2)CC1C. The fraction of sp³-hybridized carbons (Fsp3) is 0.842. The first-order chi connectivity index (χ1) is 12.7. The van der Waals surface area contributed by atoms with Gasteiger partial charge in [-0.1, -0.05) is 13.3 Å². The van der Waals surface area contributed by atoms with E-state index in [1.807, 2.05) is 0 Å². The van der Waals surface area contributed by atoms with E-state index in [9.17, 15) is 0 Å². The van der Waals surface area contributed by atoms with Crippen LogP contribution in [0.2, 0.25) is 0 Å². The standard InChI is InChI=1S/C19H33N7/c1-3-20-19(22-16-13-25(12-14(16)2)15-8-9-15)21-11-18-24-23-17-7-5-4-6-10-26(17)18/h14-16H,3-13H2,1-2H3,(H2,20,21,22). The third kappa shape index (κ3) is 4.03. The summed E-state index contributed by atoms with van der Waals surface area (Å²) < 4.78 is 2.28. The van der Waals surface area contributed by atoms with E-state index in [4.69, 9.17) is 4.99 Å². The molecule has 1 saturated heterocycles. The van der Waals surface area contributed by atoms with E-state index < -0.39 is 0 Å². The van der Waals surface area contributed by atoms with Gasteiger partial charge in [0.05, 0.1) is 0 Å². The van der Waals surface area contributed by atoms with Crippen LogP contribution in [0, 0.1) is 5.92 Å². The summed E-state index contributed by atoms with van der Waals surface area (Å²) in [6.45, 7) is 9.31. The second kappa shape index (κ2) is 7.94. The summed E-state index contributed by atoms with van der Waals surface area (Å²) in [6, 6.07) is 1.32. The van der Waals surface area contributed by atoms with Gasteiger partial charge in [-0.05, 0) is 38.5 Å². The summed E-state index contributed by atoms with van der Waals surface area (Å²) in [6.07, 6.45) is 7.54. The molecule has 3 heterocycles. The molecule has 144 valence electrons. The van der Waals surface area contributed by atoms with E-state index in [1.165, 1.54) is 38.6 Å². The summed E-state index contributed by atoms with van der Waals surface area (Å²) in [5.41, 5.74) is 0. The highest BCUT2D eigenvalue weighted by Crippen LogP contribution is 2.31. The lowest BCUT2D eigenvalue weighted by atomic mass is 10.1. The maximum atomic E-state index is 4.83. The van der Waals surface area contributed by atoms with E-state index in [2.05, 4.69) is 44.1 Å². The van der Waals surface area contributed by atoms with E-state index in [0.717, 1.165) is 49.7 Å². The molecule has 7 nitrogen and oxygen atoms in total. The first-order valence-electron chi connectivity index (χ1n) is 10.4. The van der Waals surface area contributed by atoms with Gasteiger partial charge in [0.15, 0.2) is 11.8 Å². The fourth-order valence-corrected chi connectivity index (χ4v) is 4.24. The van der Waals surface area contributed by atoms with Crippen LogP contribution in [0.3, 0.4) is 0 Å². The van der Waals surface area contributed by atoms with Crippen LogP contribution >= 0.6 is 0 Å². The van der Waals surface area contributed by atoms with Crippen molar-refractivity contribution in [2.24, 2.45) is 10.9 Å². The highest BCUT2D eigenvalue weighted by Gasteiger charge is 2.38. The van der Waals surface area contributed by atoms with Gasteiger partial charge in [-0.2, -0.15) is 0 Å². The topological polar surface area (TPSA) is 70.4 Å². The molecule has 7 heteroatoms. The highest BCUT2D eigenvalue weighted by atomic mass is 15.3. The van der Waals surface area contributed by atoms with Gasteiger partial charge in [0.25, 0.3) is 0 Å². The number of guanidine groups is 1. The first-order valence-corrected chi connectivity index (χ1v) is 10.4. The summed E-state index contributed by atoms with van der Waals surface area (Å²) in [5, 5.41) is 15.9. The number of rotatable bonds is 5. The maximum absolute atomic E-state index is 4.83. The van der Waals surface area contributed by atoms with Gasteiger partial charge >= 0.3 is 0 Å². The average molecular weight is 360 g/mol. The molecule has 0 aromatic carbocycles. The maximum Gasteiger partial charge on any atom is 0.191 e. The van der Waals surface area contributed by atoms with Gasteiger partial charge in [-0.15, -0.1) is 10.2 Å². The third-order valence-corrected chi connectivity index (χ3v) is 5.93. The number of aliphatic imine (C=N–C) groups is 1. The predicted octanol–water partition coefficient (Wildman–Crippen LogP) is 1.54. The fourth-order valence-electron chi connectivity index (χ4n) is 4.24. The van der Waals surface area contributed by atoms with Crippen molar-refractivity contribution >= 4 is 5.96 Å². The molecule has 0 amide bonds. The third-order valence-electron chi connectivity index (χ3n) is 5.93. The zero-order valence-corrected chi connectivity index (χ0v) is 16.2. The Bertz CT molecular complexity index is 634. The van der Waals surface area contributed by atoms with E-state index >= 15 is 0 Å². The Kier molecular flexibility index (Phi) is 5.43. The molecule has 0 bridgehead atoms. The van der Waals surface area contributed by atoms with E-state index in [1.54, 1.807) is 0 Å². The lowest BCUT2D eigenvalue weighted by Gasteiger charge is -2.20. The highest BCUT2D eigenvalue weighted by molar-refractivity contribution is 5.80. The van der Waals surface area contributed by atoms with Crippen LogP contribution in [0.1, 0.15) is 57.6 Å². The van der Waals surface area contributed by atoms with Crippen molar-refractivity contribution in [2.75, 3.05) is 19.6 Å².